The Bertz CT molecular complexity index is 1070. The van der Waals surface area contributed by atoms with Crippen LogP contribution in [0.15, 0.2) is 71.8 Å². The molecule has 3 aromatic rings. The van der Waals surface area contributed by atoms with Gasteiger partial charge in [0.15, 0.2) is 0 Å². The highest BCUT2D eigenvalue weighted by atomic mass is 32.2. The molecule has 0 radical (unpaired) electrons. The molecule has 1 N–H and O–H groups in total. The van der Waals surface area contributed by atoms with Gasteiger partial charge >= 0.3 is 0 Å². The van der Waals surface area contributed by atoms with Crippen molar-refractivity contribution in [2.45, 2.75) is 19.4 Å². The average Bonchev–Trinajstić information content (AvgIpc) is 2.69. The van der Waals surface area contributed by atoms with Gasteiger partial charge in [0.25, 0.3) is 10.1 Å². The van der Waals surface area contributed by atoms with Gasteiger partial charge in [-0.3, -0.25) is 9.56 Å². The Kier molecular flexibility index (Phi) is 6.38. The highest BCUT2D eigenvalue weighted by Crippen LogP contribution is 2.13. The van der Waals surface area contributed by atoms with Crippen molar-refractivity contribution in [1.82, 2.24) is 0 Å². The highest BCUT2D eigenvalue weighted by Gasteiger charge is 2.15. The predicted molar refractivity (Wildman–Crippen MR) is 112 cm³/mol. The summed E-state index contributed by atoms with van der Waals surface area (Å²) in [6.07, 6.45) is 2.84. The van der Waals surface area contributed by atoms with Crippen LogP contribution in [0.3, 0.4) is 0 Å². The van der Waals surface area contributed by atoms with Gasteiger partial charge in [-0.15, -0.1) is 0 Å². The van der Waals surface area contributed by atoms with Crippen molar-refractivity contribution in [2.75, 3.05) is 17.8 Å². The van der Waals surface area contributed by atoms with Gasteiger partial charge in [0, 0.05) is 31.0 Å². The quantitative estimate of drug-likeness (QED) is 0.208. The lowest BCUT2D eigenvalue weighted by Gasteiger charge is -2.12. The summed E-state index contributed by atoms with van der Waals surface area (Å²) in [5.41, 5.74) is 2.97. The molecule has 1 heterocycles. The van der Waals surface area contributed by atoms with E-state index in [-0.39, 0.29) is 5.75 Å². The molecule has 3 rings (SSSR count). The van der Waals surface area contributed by atoms with Gasteiger partial charge in [-0.2, -0.15) is 18.1 Å². The third-order valence-corrected chi connectivity index (χ3v) is 5.30. The summed E-state index contributed by atoms with van der Waals surface area (Å²) in [4.78, 5) is 0. The van der Waals surface area contributed by atoms with Gasteiger partial charge in [-0.25, -0.2) is 0 Å². The van der Waals surface area contributed by atoms with E-state index in [2.05, 4.69) is 9.67 Å². The molecular formula is C21H24N3O3S+. The van der Waals surface area contributed by atoms with Crippen LogP contribution in [0.25, 0.3) is 10.9 Å². The SMILES string of the molecule is CN(N=Cc1ccc2ccccc2[n+]1CCCCS(=O)(=O)O)c1ccccc1. The third kappa shape index (κ3) is 5.37. The number of aromatic nitrogens is 1. The molecule has 0 saturated heterocycles. The van der Waals surface area contributed by atoms with Crippen LogP contribution in [0, 0.1) is 0 Å². The third-order valence-electron chi connectivity index (χ3n) is 4.50. The Morgan fingerprint density at radius 2 is 1.71 bits per heavy atom. The molecule has 2 aromatic carbocycles. The van der Waals surface area contributed by atoms with E-state index >= 15 is 0 Å². The zero-order valence-corrected chi connectivity index (χ0v) is 16.6. The van der Waals surface area contributed by atoms with Gasteiger partial charge < -0.3 is 0 Å². The average molecular weight is 399 g/mol. The van der Waals surface area contributed by atoms with E-state index < -0.39 is 10.1 Å². The topological polar surface area (TPSA) is 73.8 Å². The molecule has 0 unspecified atom stereocenters. The minimum absolute atomic E-state index is 0.224. The van der Waals surface area contributed by atoms with Crippen molar-refractivity contribution in [3.05, 3.63) is 72.4 Å². The highest BCUT2D eigenvalue weighted by molar-refractivity contribution is 7.85. The van der Waals surface area contributed by atoms with Crippen molar-refractivity contribution < 1.29 is 17.5 Å². The number of hydrazone groups is 1. The first-order valence-corrected chi connectivity index (χ1v) is 10.7. The molecule has 7 heteroatoms. The number of hydrogen-bond donors (Lipinski definition) is 1. The number of fused-ring (bicyclic) bond motifs is 1. The first-order chi connectivity index (χ1) is 13.4. The summed E-state index contributed by atoms with van der Waals surface area (Å²) in [7, 11) is -2.03. The van der Waals surface area contributed by atoms with Gasteiger partial charge in [0.05, 0.1) is 11.4 Å². The van der Waals surface area contributed by atoms with Crippen LogP contribution in [0.5, 0.6) is 0 Å². The second kappa shape index (κ2) is 8.95. The number of anilines is 1. The number of pyridine rings is 1. The first-order valence-electron chi connectivity index (χ1n) is 9.13. The Balaban J connectivity index is 1.85. The van der Waals surface area contributed by atoms with Crippen LogP contribution in [0.1, 0.15) is 18.5 Å². The summed E-state index contributed by atoms with van der Waals surface area (Å²) < 4.78 is 33.0. The molecule has 28 heavy (non-hydrogen) atoms. The van der Waals surface area contributed by atoms with E-state index in [1.54, 1.807) is 5.01 Å². The molecule has 0 atom stereocenters. The molecule has 1 aromatic heterocycles. The summed E-state index contributed by atoms with van der Waals surface area (Å²) in [5, 5.41) is 7.46. The lowest BCUT2D eigenvalue weighted by atomic mass is 10.2. The molecule has 0 amide bonds. The smallest absolute Gasteiger partial charge is 0.264 e. The van der Waals surface area contributed by atoms with Crippen molar-refractivity contribution in [3.8, 4) is 0 Å². The number of para-hydroxylation sites is 2. The minimum atomic E-state index is -3.93. The Morgan fingerprint density at radius 3 is 2.46 bits per heavy atom. The van der Waals surface area contributed by atoms with Gasteiger partial charge in [-0.05, 0) is 30.7 Å². The fourth-order valence-electron chi connectivity index (χ4n) is 3.05. The number of aryl methyl sites for hydroxylation is 1. The van der Waals surface area contributed by atoms with Gasteiger partial charge in [0.1, 0.15) is 12.8 Å². The van der Waals surface area contributed by atoms with Crippen molar-refractivity contribution in [3.63, 3.8) is 0 Å². The predicted octanol–water partition coefficient (Wildman–Crippen LogP) is 3.27. The Morgan fingerprint density at radius 1 is 1.00 bits per heavy atom. The van der Waals surface area contributed by atoms with E-state index in [0.29, 0.717) is 19.4 Å². The van der Waals surface area contributed by atoms with Crippen LogP contribution in [-0.4, -0.2) is 32.0 Å². The molecule has 0 aliphatic carbocycles. The van der Waals surface area contributed by atoms with Crippen LogP contribution in [0.2, 0.25) is 0 Å². The largest absolute Gasteiger partial charge is 0.286 e. The zero-order chi connectivity index (χ0) is 20.0. The standard InChI is InChI=1S/C21H23N3O3S/c1-23(19-10-3-2-4-11-19)22-17-20-14-13-18-9-5-6-12-21(18)24(20)15-7-8-16-28(25,26)27/h2-6,9-14,17H,7-8,15-16H2,1H3/p+1. The van der Waals surface area contributed by atoms with Gasteiger partial charge in [0.2, 0.25) is 11.2 Å². The second-order valence-corrected chi connectivity index (χ2v) is 8.14. The number of nitrogens with zero attached hydrogens (tertiary/aromatic N) is 3. The van der Waals surface area contributed by atoms with Gasteiger partial charge in [-0.1, -0.05) is 30.3 Å². The van der Waals surface area contributed by atoms with E-state index in [4.69, 9.17) is 4.55 Å². The fraction of sp³-hybridized carbons (Fsp3) is 0.238. The maximum Gasteiger partial charge on any atom is 0.264 e. The number of hydrogen-bond acceptors (Lipinski definition) is 4. The van der Waals surface area contributed by atoms with E-state index in [9.17, 15) is 8.42 Å². The van der Waals surface area contributed by atoms with Crippen LogP contribution in [-0.2, 0) is 16.7 Å². The maximum atomic E-state index is 11.0. The van der Waals surface area contributed by atoms with Crippen LogP contribution in [0.4, 0.5) is 5.69 Å². The summed E-state index contributed by atoms with van der Waals surface area (Å²) in [6.45, 7) is 0.632. The molecule has 146 valence electrons. The zero-order valence-electron chi connectivity index (χ0n) is 15.8. The van der Waals surface area contributed by atoms with Crippen molar-refractivity contribution in [2.24, 2.45) is 5.10 Å². The fourth-order valence-corrected chi connectivity index (χ4v) is 3.62. The number of rotatable bonds is 8. The molecule has 0 aliphatic rings. The van der Waals surface area contributed by atoms with Crippen LogP contribution < -0.4 is 9.58 Å². The second-order valence-electron chi connectivity index (χ2n) is 6.57. The molecule has 0 spiro atoms. The van der Waals surface area contributed by atoms with Crippen molar-refractivity contribution >= 4 is 32.9 Å². The Hall–Kier alpha value is -2.77. The minimum Gasteiger partial charge on any atom is -0.286 e. The molecule has 0 fully saturated rings. The summed E-state index contributed by atoms with van der Waals surface area (Å²) in [5.74, 6) is -0.224. The monoisotopic (exact) mass is 398 g/mol. The number of benzene rings is 2. The summed E-state index contributed by atoms with van der Waals surface area (Å²) >= 11 is 0. The summed E-state index contributed by atoms with van der Waals surface area (Å²) in [6, 6.07) is 22.0. The van der Waals surface area contributed by atoms with Crippen LogP contribution >= 0.6 is 0 Å². The normalized spacial score (nSPS) is 11.9. The van der Waals surface area contributed by atoms with E-state index in [1.165, 1.54) is 0 Å². The molecule has 6 nitrogen and oxygen atoms in total. The van der Waals surface area contributed by atoms with E-state index in [0.717, 1.165) is 22.3 Å². The molecule has 0 aliphatic heterocycles. The number of unbranched alkanes of at least 4 members (excludes halogenated alkanes) is 1. The molecule has 0 bridgehead atoms. The maximum absolute atomic E-state index is 11.0. The van der Waals surface area contributed by atoms with Crippen molar-refractivity contribution in [1.29, 1.82) is 0 Å². The molecular weight excluding hydrogens is 374 g/mol. The Labute approximate surface area is 165 Å². The lowest BCUT2D eigenvalue weighted by Crippen LogP contribution is -2.39. The molecule has 0 saturated carbocycles. The van der Waals surface area contributed by atoms with E-state index in [1.807, 2.05) is 80.0 Å². The first kappa shape index (κ1) is 20.0. The lowest BCUT2D eigenvalue weighted by molar-refractivity contribution is -0.672.